The first-order valence-corrected chi connectivity index (χ1v) is 9.48. The SMILES string of the molecule is NC(=O)C1CCN(C2CN(C(=O)CCCCc3ccccc3)C2)CC1. The van der Waals surface area contributed by atoms with E-state index in [0.29, 0.717) is 12.5 Å². The number of primary amides is 1. The molecule has 2 fully saturated rings. The minimum Gasteiger partial charge on any atom is -0.369 e. The van der Waals surface area contributed by atoms with Gasteiger partial charge < -0.3 is 10.6 Å². The molecule has 0 aliphatic carbocycles. The highest BCUT2D eigenvalue weighted by molar-refractivity contribution is 5.77. The average molecular weight is 343 g/mol. The number of carbonyl (C=O) groups is 2. The number of amides is 2. The largest absolute Gasteiger partial charge is 0.369 e. The molecule has 2 amide bonds. The maximum absolute atomic E-state index is 12.3. The standard InChI is InChI=1S/C20H29N3O2/c21-20(25)17-10-12-22(13-11-17)18-14-23(15-18)19(24)9-5-4-8-16-6-2-1-3-7-16/h1-3,6-7,17-18H,4-5,8-15H2,(H2,21,25). The first-order chi connectivity index (χ1) is 12.1. The molecule has 3 rings (SSSR count). The molecule has 1 aromatic carbocycles. The van der Waals surface area contributed by atoms with Gasteiger partial charge in [0.05, 0.1) is 0 Å². The van der Waals surface area contributed by atoms with Gasteiger partial charge >= 0.3 is 0 Å². The zero-order valence-electron chi connectivity index (χ0n) is 14.9. The molecule has 0 unspecified atom stereocenters. The normalized spacial score (nSPS) is 19.6. The number of hydrogen-bond donors (Lipinski definition) is 1. The highest BCUT2D eigenvalue weighted by atomic mass is 16.2. The van der Waals surface area contributed by atoms with Gasteiger partial charge in [-0.25, -0.2) is 0 Å². The van der Waals surface area contributed by atoms with Crippen molar-refractivity contribution in [1.29, 1.82) is 0 Å². The van der Waals surface area contributed by atoms with Crippen molar-refractivity contribution in [1.82, 2.24) is 9.80 Å². The molecule has 2 heterocycles. The second-order valence-electron chi connectivity index (χ2n) is 7.36. The Morgan fingerprint density at radius 3 is 2.36 bits per heavy atom. The van der Waals surface area contributed by atoms with Gasteiger partial charge in [-0.1, -0.05) is 30.3 Å². The number of nitrogens with two attached hydrogens (primary N) is 1. The van der Waals surface area contributed by atoms with Crippen molar-refractivity contribution in [3.8, 4) is 0 Å². The lowest BCUT2D eigenvalue weighted by molar-refractivity contribution is -0.139. The molecule has 5 nitrogen and oxygen atoms in total. The molecule has 2 aliphatic heterocycles. The van der Waals surface area contributed by atoms with E-state index in [-0.39, 0.29) is 17.7 Å². The van der Waals surface area contributed by atoms with Gasteiger partial charge in [-0.05, 0) is 50.8 Å². The summed E-state index contributed by atoms with van der Waals surface area (Å²) in [5.41, 5.74) is 6.73. The first-order valence-electron chi connectivity index (χ1n) is 9.48. The lowest BCUT2D eigenvalue weighted by Crippen LogP contribution is -2.62. The van der Waals surface area contributed by atoms with Crippen molar-refractivity contribution in [2.45, 2.75) is 44.6 Å². The van der Waals surface area contributed by atoms with E-state index >= 15 is 0 Å². The van der Waals surface area contributed by atoms with E-state index in [0.717, 1.165) is 58.3 Å². The molecule has 25 heavy (non-hydrogen) atoms. The Bertz CT molecular complexity index is 576. The van der Waals surface area contributed by atoms with Crippen LogP contribution in [0.3, 0.4) is 0 Å². The predicted molar refractivity (Wildman–Crippen MR) is 97.9 cm³/mol. The smallest absolute Gasteiger partial charge is 0.222 e. The van der Waals surface area contributed by atoms with Gasteiger partial charge in [0.2, 0.25) is 11.8 Å². The second-order valence-corrected chi connectivity index (χ2v) is 7.36. The molecule has 0 spiro atoms. The molecular formula is C20H29N3O2. The lowest BCUT2D eigenvalue weighted by atomic mass is 9.93. The van der Waals surface area contributed by atoms with E-state index in [1.165, 1.54) is 5.56 Å². The summed E-state index contributed by atoms with van der Waals surface area (Å²) in [4.78, 5) is 27.9. The van der Waals surface area contributed by atoms with E-state index in [4.69, 9.17) is 5.73 Å². The Labute approximate surface area is 150 Å². The third-order valence-electron chi connectivity index (χ3n) is 5.61. The molecule has 0 saturated carbocycles. The lowest BCUT2D eigenvalue weighted by Gasteiger charge is -2.47. The van der Waals surface area contributed by atoms with Gasteiger partial charge in [-0.3, -0.25) is 14.5 Å². The summed E-state index contributed by atoms with van der Waals surface area (Å²) in [6.45, 7) is 3.55. The summed E-state index contributed by atoms with van der Waals surface area (Å²) in [7, 11) is 0. The van der Waals surface area contributed by atoms with Crippen LogP contribution in [0.25, 0.3) is 0 Å². The van der Waals surface area contributed by atoms with Crippen molar-refractivity contribution >= 4 is 11.8 Å². The second kappa shape index (κ2) is 8.48. The fraction of sp³-hybridized carbons (Fsp3) is 0.600. The average Bonchev–Trinajstić information content (AvgIpc) is 2.59. The Morgan fingerprint density at radius 1 is 1.04 bits per heavy atom. The maximum Gasteiger partial charge on any atom is 0.222 e. The minimum atomic E-state index is -0.166. The fourth-order valence-electron chi connectivity index (χ4n) is 3.85. The van der Waals surface area contributed by atoms with E-state index in [1.807, 2.05) is 11.0 Å². The van der Waals surface area contributed by atoms with Crippen LogP contribution in [-0.2, 0) is 16.0 Å². The summed E-state index contributed by atoms with van der Waals surface area (Å²) in [6, 6.07) is 10.9. The first kappa shape index (κ1) is 17.9. The van der Waals surface area contributed by atoms with Crippen LogP contribution in [-0.4, -0.2) is 53.8 Å². The Kier molecular flexibility index (Phi) is 6.08. The summed E-state index contributed by atoms with van der Waals surface area (Å²) < 4.78 is 0. The number of benzene rings is 1. The maximum atomic E-state index is 12.3. The molecule has 2 saturated heterocycles. The van der Waals surface area contributed by atoms with Crippen LogP contribution < -0.4 is 5.73 Å². The zero-order chi connectivity index (χ0) is 17.6. The quantitative estimate of drug-likeness (QED) is 0.768. The van der Waals surface area contributed by atoms with Crippen LogP contribution >= 0.6 is 0 Å². The number of unbranched alkanes of at least 4 members (excludes halogenated alkanes) is 1. The Hall–Kier alpha value is -1.88. The van der Waals surface area contributed by atoms with Gasteiger partial charge in [-0.2, -0.15) is 0 Å². The number of carbonyl (C=O) groups excluding carboxylic acids is 2. The van der Waals surface area contributed by atoms with Crippen LogP contribution in [0.5, 0.6) is 0 Å². The predicted octanol–water partition coefficient (Wildman–Crippen LogP) is 1.81. The third-order valence-corrected chi connectivity index (χ3v) is 5.61. The van der Waals surface area contributed by atoms with Gasteiger partial charge in [0.25, 0.3) is 0 Å². The Morgan fingerprint density at radius 2 is 1.72 bits per heavy atom. The summed E-state index contributed by atoms with van der Waals surface area (Å²) in [5.74, 6) is 0.163. The molecule has 0 aromatic heterocycles. The van der Waals surface area contributed by atoms with Crippen LogP contribution in [0.4, 0.5) is 0 Å². The van der Waals surface area contributed by atoms with Crippen LogP contribution in [0, 0.1) is 5.92 Å². The van der Waals surface area contributed by atoms with Crippen LogP contribution in [0.2, 0.25) is 0 Å². The molecular weight excluding hydrogens is 314 g/mol. The molecule has 2 aliphatic rings. The van der Waals surface area contributed by atoms with Crippen molar-refractivity contribution in [2.24, 2.45) is 11.7 Å². The number of hydrogen-bond acceptors (Lipinski definition) is 3. The number of rotatable bonds is 7. The number of likely N-dealkylation sites (tertiary alicyclic amines) is 2. The van der Waals surface area contributed by atoms with Crippen molar-refractivity contribution in [2.75, 3.05) is 26.2 Å². The van der Waals surface area contributed by atoms with Gasteiger partial charge in [-0.15, -0.1) is 0 Å². The molecule has 5 heteroatoms. The van der Waals surface area contributed by atoms with Crippen molar-refractivity contribution < 1.29 is 9.59 Å². The molecule has 0 atom stereocenters. The van der Waals surface area contributed by atoms with E-state index in [2.05, 4.69) is 29.2 Å². The fourth-order valence-corrected chi connectivity index (χ4v) is 3.85. The van der Waals surface area contributed by atoms with E-state index in [1.54, 1.807) is 0 Å². The van der Waals surface area contributed by atoms with Crippen molar-refractivity contribution in [3.05, 3.63) is 35.9 Å². The zero-order valence-corrected chi connectivity index (χ0v) is 14.9. The monoisotopic (exact) mass is 343 g/mol. The number of aryl methyl sites for hydroxylation is 1. The molecule has 136 valence electrons. The summed E-state index contributed by atoms with van der Waals surface area (Å²) in [5, 5.41) is 0. The van der Waals surface area contributed by atoms with Gasteiger partial charge in [0.15, 0.2) is 0 Å². The number of piperidine rings is 1. The third kappa shape index (κ3) is 4.82. The van der Waals surface area contributed by atoms with Gasteiger partial charge in [0.1, 0.15) is 0 Å². The summed E-state index contributed by atoms with van der Waals surface area (Å²) >= 11 is 0. The summed E-state index contributed by atoms with van der Waals surface area (Å²) in [6.07, 6.45) is 5.44. The molecule has 2 N–H and O–H groups in total. The van der Waals surface area contributed by atoms with Crippen LogP contribution in [0.1, 0.15) is 37.7 Å². The number of nitrogens with zero attached hydrogens (tertiary/aromatic N) is 2. The highest BCUT2D eigenvalue weighted by Crippen LogP contribution is 2.23. The molecule has 0 radical (unpaired) electrons. The highest BCUT2D eigenvalue weighted by Gasteiger charge is 2.36. The minimum absolute atomic E-state index is 0.0404. The van der Waals surface area contributed by atoms with Gasteiger partial charge in [0, 0.05) is 31.5 Å². The molecule has 1 aromatic rings. The topological polar surface area (TPSA) is 66.6 Å². The molecule has 0 bridgehead atoms. The van der Waals surface area contributed by atoms with E-state index < -0.39 is 0 Å². The van der Waals surface area contributed by atoms with E-state index in [9.17, 15) is 9.59 Å². The Balaban J connectivity index is 1.29. The van der Waals surface area contributed by atoms with Crippen LogP contribution in [0.15, 0.2) is 30.3 Å². The van der Waals surface area contributed by atoms with Crippen molar-refractivity contribution in [3.63, 3.8) is 0 Å².